The van der Waals surface area contributed by atoms with E-state index in [2.05, 4.69) is 0 Å². The van der Waals surface area contributed by atoms with Crippen LogP contribution in [0.15, 0.2) is 0 Å². The summed E-state index contributed by atoms with van der Waals surface area (Å²) in [5, 5.41) is 7.82. The lowest BCUT2D eigenvalue weighted by molar-refractivity contribution is -0.226. The molecule has 0 fully saturated rings. The Hall–Kier alpha value is -0.433. The molecule has 0 heterocycles. The Morgan fingerprint density at radius 1 is 1.27 bits per heavy atom. The van der Waals surface area contributed by atoms with E-state index in [1.165, 1.54) is 0 Å². The Morgan fingerprint density at radius 3 is 2.00 bits per heavy atom. The summed E-state index contributed by atoms with van der Waals surface area (Å²) in [5.41, 5.74) is 0. The van der Waals surface area contributed by atoms with E-state index in [9.17, 15) is 4.79 Å². The molecule has 0 amide bonds. The van der Waals surface area contributed by atoms with Crippen molar-refractivity contribution in [1.82, 2.24) is 0 Å². The van der Waals surface area contributed by atoms with E-state index < -0.39 is 17.5 Å². The highest BCUT2D eigenvalue weighted by atomic mass is 28.1. The maximum absolute atomic E-state index is 11.2. The van der Waals surface area contributed by atoms with Crippen LogP contribution in [-0.4, -0.2) is 52.7 Å². The lowest BCUT2D eigenvalue weighted by atomic mass is 10.3. The predicted octanol–water partition coefficient (Wildman–Crippen LogP) is -0.432. The van der Waals surface area contributed by atoms with Gasteiger partial charge in [-0.3, -0.25) is 0 Å². The third-order valence-electron chi connectivity index (χ3n) is 1.95. The van der Waals surface area contributed by atoms with Crippen molar-refractivity contribution in [1.29, 1.82) is 0 Å². The molecular formula is C9H20O5Si. The molecule has 0 aliphatic rings. The van der Waals surface area contributed by atoms with E-state index in [0.29, 0.717) is 30.1 Å². The third kappa shape index (κ3) is 3.90. The molecule has 0 bridgehead atoms. The molecule has 0 aromatic rings. The fourth-order valence-corrected chi connectivity index (χ4v) is 1.82. The van der Waals surface area contributed by atoms with Crippen LogP contribution >= 0.6 is 0 Å². The van der Waals surface area contributed by atoms with E-state index >= 15 is 0 Å². The molecule has 0 saturated carbocycles. The van der Waals surface area contributed by atoms with Crippen molar-refractivity contribution < 1.29 is 24.1 Å². The summed E-state index contributed by atoms with van der Waals surface area (Å²) in [4.78, 5) is 11.2. The van der Waals surface area contributed by atoms with Crippen LogP contribution in [0.3, 0.4) is 0 Å². The van der Waals surface area contributed by atoms with Crippen molar-refractivity contribution in [3.8, 4) is 0 Å². The zero-order chi connectivity index (χ0) is 11.9. The highest BCUT2D eigenvalue weighted by Gasteiger charge is 2.43. The lowest BCUT2D eigenvalue weighted by Gasteiger charge is -2.32. The summed E-state index contributed by atoms with van der Waals surface area (Å²) in [5.74, 6) is -1.03. The molecule has 0 saturated heterocycles. The summed E-state index contributed by atoms with van der Waals surface area (Å²) < 4.78 is 15.8. The summed E-state index contributed by atoms with van der Waals surface area (Å²) in [6.07, 6.45) is -0.823. The smallest absolute Gasteiger partial charge is 0.336 e. The monoisotopic (exact) mass is 236 g/mol. The first-order valence-corrected chi connectivity index (χ1v) is 6.13. The van der Waals surface area contributed by atoms with Crippen molar-refractivity contribution in [2.75, 3.05) is 19.8 Å². The Labute approximate surface area is 93.1 Å². The summed E-state index contributed by atoms with van der Waals surface area (Å²) >= 11 is 0. The Bertz CT molecular complexity index is 193. The van der Waals surface area contributed by atoms with Gasteiger partial charge in [0.1, 0.15) is 0 Å². The molecule has 90 valence electrons. The quantitative estimate of drug-likeness (QED) is 0.457. The molecule has 0 aromatic heterocycles. The number of carboxylic acids is 1. The molecular weight excluding hydrogens is 216 g/mol. The van der Waals surface area contributed by atoms with Crippen LogP contribution in [0.25, 0.3) is 0 Å². The maximum Gasteiger partial charge on any atom is 0.336 e. The van der Waals surface area contributed by atoms with Crippen LogP contribution in [0, 0.1) is 0 Å². The second kappa shape index (κ2) is 6.94. The number of carboxylic acid groups (broad SMARTS) is 1. The molecule has 5 nitrogen and oxygen atoms in total. The number of hydrogen-bond acceptors (Lipinski definition) is 4. The molecule has 0 spiro atoms. The fraction of sp³-hybridized carbons (Fsp3) is 0.889. The Morgan fingerprint density at radius 2 is 1.73 bits per heavy atom. The summed E-state index contributed by atoms with van der Waals surface area (Å²) in [6, 6.07) is 0. The van der Waals surface area contributed by atoms with Gasteiger partial charge in [0, 0.05) is 19.8 Å². The topological polar surface area (TPSA) is 65.0 Å². The van der Waals surface area contributed by atoms with Crippen molar-refractivity contribution in [2.45, 2.75) is 32.3 Å². The predicted molar refractivity (Wildman–Crippen MR) is 59.0 cm³/mol. The van der Waals surface area contributed by atoms with Crippen LogP contribution in [0.1, 0.15) is 20.8 Å². The molecule has 1 atom stereocenters. The first-order chi connectivity index (χ1) is 7.02. The molecule has 0 rings (SSSR count). The van der Waals surface area contributed by atoms with Crippen molar-refractivity contribution >= 4 is 16.2 Å². The van der Waals surface area contributed by atoms with Crippen LogP contribution in [0.2, 0.25) is 0 Å². The Kier molecular flexibility index (Phi) is 6.74. The number of aliphatic carboxylic acids is 1. The van der Waals surface area contributed by atoms with Gasteiger partial charge in [0.05, 0.1) is 10.2 Å². The second-order valence-corrected chi connectivity index (χ2v) is 4.57. The van der Waals surface area contributed by atoms with Gasteiger partial charge in [-0.2, -0.15) is 0 Å². The van der Waals surface area contributed by atoms with Gasteiger partial charge in [-0.25, -0.2) is 4.79 Å². The van der Waals surface area contributed by atoms with Crippen LogP contribution in [-0.2, 0) is 19.0 Å². The van der Waals surface area contributed by atoms with Gasteiger partial charge in [0.25, 0.3) is 0 Å². The van der Waals surface area contributed by atoms with Gasteiger partial charge in [-0.1, -0.05) is 0 Å². The number of rotatable bonds is 8. The van der Waals surface area contributed by atoms with Crippen molar-refractivity contribution in [2.24, 2.45) is 0 Å². The molecule has 15 heavy (non-hydrogen) atoms. The molecule has 0 aliphatic heterocycles. The first-order valence-electron chi connectivity index (χ1n) is 5.13. The molecule has 0 radical (unpaired) electrons. The normalized spacial score (nSPS) is 15.5. The van der Waals surface area contributed by atoms with Gasteiger partial charge in [-0.15, -0.1) is 0 Å². The van der Waals surface area contributed by atoms with Gasteiger partial charge < -0.3 is 19.3 Å². The molecule has 1 unspecified atom stereocenters. The van der Waals surface area contributed by atoms with Gasteiger partial charge >= 0.3 is 5.97 Å². The highest BCUT2D eigenvalue weighted by molar-refractivity contribution is 6.26. The highest BCUT2D eigenvalue weighted by Crippen LogP contribution is 2.17. The minimum atomic E-state index is -1.32. The zero-order valence-corrected chi connectivity index (χ0v) is 11.8. The fourth-order valence-electron chi connectivity index (χ4n) is 1.20. The Balaban J connectivity index is 4.72. The van der Waals surface area contributed by atoms with Gasteiger partial charge in [0.15, 0.2) is 11.5 Å². The number of ether oxygens (including phenoxy) is 3. The van der Waals surface area contributed by atoms with Crippen LogP contribution in [0.4, 0.5) is 0 Å². The molecule has 1 N–H and O–H groups in total. The SMILES string of the molecule is CCOC(OCC)C([SiH3])(OCC)C(=O)O. The summed E-state index contributed by atoms with van der Waals surface area (Å²) in [6.45, 7) is 6.46. The lowest BCUT2D eigenvalue weighted by Crippen LogP contribution is -2.55. The standard InChI is InChI=1S/C9H20O5Si/c1-4-12-8(13-5-2)9(15,7(10)11)14-6-3/h8H,4-6H2,1-3,15H3,(H,10,11). The minimum Gasteiger partial charge on any atom is -0.479 e. The van der Waals surface area contributed by atoms with E-state index in [0.717, 1.165) is 0 Å². The van der Waals surface area contributed by atoms with E-state index in [1.54, 1.807) is 20.8 Å². The van der Waals surface area contributed by atoms with E-state index in [4.69, 9.17) is 19.3 Å². The van der Waals surface area contributed by atoms with E-state index in [-0.39, 0.29) is 0 Å². The summed E-state index contributed by atoms with van der Waals surface area (Å²) in [7, 11) is 0.302. The maximum atomic E-state index is 11.2. The largest absolute Gasteiger partial charge is 0.479 e. The second-order valence-electron chi connectivity index (χ2n) is 3.09. The number of hydrogen-bond donors (Lipinski definition) is 1. The van der Waals surface area contributed by atoms with Gasteiger partial charge in [-0.05, 0) is 20.8 Å². The first kappa shape index (κ1) is 14.6. The molecule has 0 aliphatic carbocycles. The average Bonchev–Trinajstić information content (AvgIpc) is 2.17. The van der Waals surface area contributed by atoms with Crippen molar-refractivity contribution in [3.05, 3.63) is 0 Å². The van der Waals surface area contributed by atoms with Crippen LogP contribution < -0.4 is 0 Å². The van der Waals surface area contributed by atoms with Gasteiger partial charge in [0.2, 0.25) is 0 Å². The number of carbonyl (C=O) groups is 1. The minimum absolute atomic E-state index is 0.302. The third-order valence-corrected chi connectivity index (χ3v) is 3.14. The average molecular weight is 236 g/mol. The molecule has 6 heteroatoms. The molecule has 0 aromatic carbocycles. The zero-order valence-electron chi connectivity index (χ0n) is 9.78. The van der Waals surface area contributed by atoms with Crippen molar-refractivity contribution in [3.63, 3.8) is 0 Å². The van der Waals surface area contributed by atoms with Crippen LogP contribution in [0.5, 0.6) is 0 Å². The van der Waals surface area contributed by atoms with E-state index in [1.807, 2.05) is 0 Å².